The molecule has 1 N–H and O–H groups in total. The second kappa shape index (κ2) is 4.47. The van der Waals surface area contributed by atoms with Crippen molar-refractivity contribution in [3.05, 3.63) is 29.8 Å². The third-order valence-electron chi connectivity index (χ3n) is 2.84. The van der Waals surface area contributed by atoms with E-state index >= 15 is 0 Å². The van der Waals surface area contributed by atoms with Crippen LogP contribution in [0.3, 0.4) is 0 Å². The smallest absolute Gasteiger partial charge is 0.119 e. The van der Waals surface area contributed by atoms with Crippen molar-refractivity contribution in [1.82, 2.24) is 5.32 Å². The van der Waals surface area contributed by atoms with Gasteiger partial charge in [-0.05, 0) is 49.5 Å². The van der Waals surface area contributed by atoms with E-state index in [0.717, 1.165) is 11.7 Å². The number of methoxy groups -OCH3 is 1. The Morgan fingerprint density at radius 1 is 1.43 bits per heavy atom. The maximum atomic E-state index is 5.19. The zero-order valence-corrected chi connectivity index (χ0v) is 8.62. The molecule has 1 aromatic rings. The largest absolute Gasteiger partial charge is 0.497 e. The highest BCUT2D eigenvalue weighted by molar-refractivity contribution is 5.28. The molecule has 2 rings (SSSR count). The average Bonchev–Trinajstić information content (AvgIpc) is 2.16. The molecule has 1 aliphatic rings. The van der Waals surface area contributed by atoms with Gasteiger partial charge in [-0.25, -0.2) is 0 Å². The lowest BCUT2D eigenvalue weighted by Crippen LogP contribution is -2.42. The van der Waals surface area contributed by atoms with Crippen molar-refractivity contribution in [2.75, 3.05) is 20.2 Å². The summed E-state index contributed by atoms with van der Waals surface area (Å²) < 4.78 is 5.19. The van der Waals surface area contributed by atoms with Gasteiger partial charge in [0.2, 0.25) is 0 Å². The minimum absolute atomic E-state index is 0.890. The van der Waals surface area contributed by atoms with Gasteiger partial charge < -0.3 is 10.1 Å². The molecule has 1 saturated heterocycles. The van der Waals surface area contributed by atoms with Crippen LogP contribution in [-0.4, -0.2) is 20.2 Å². The summed E-state index contributed by atoms with van der Waals surface area (Å²) in [6.07, 6.45) is 2.46. The van der Waals surface area contributed by atoms with Crippen LogP contribution in [0.5, 0.6) is 5.75 Å². The molecule has 2 heteroatoms. The molecule has 0 atom stereocenters. The number of nitrogens with one attached hydrogen (secondary N) is 1. The van der Waals surface area contributed by atoms with Gasteiger partial charge in [0, 0.05) is 0 Å². The van der Waals surface area contributed by atoms with Gasteiger partial charge in [-0.3, -0.25) is 0 Å². The molecular weight excluding hydrogens is 174 g/mol. The fourth-order valence-electron chi connectivity index (χ4n) is 1.75. The van der Waals surface area contributed by atoms with E-state index in [1.165, 1.54) is 31.5 Å². The Hall–Kier alpha value is -1.02. The van der Waals surface area contributed by atoms with E-state index in [1.54, 1.807) is 7.11 Å². The molecule has 0 unspecified atom stereocenters. The molecule has 1 heterocycles. The van der Waals surface area contributed by atoms with Crippen molar-refractivity contribution in [2.45, 2.75) is 12.8 Å². The van der Waals surface area contributed by atoms with Crippen LogP contribution in [0.25, 0.3) is 0 Å². The normalized spacial score (nSPS) is 16.4. The van der Waals surface area contributed by atoms with Gasteiger partial charge in [-0.15, -0.1) is 0 Å². The van der Waals surface area contributed by atoms with Crippen molar-refractivity contribution in [1.29, 1.82) is 0 Å². The lowest BCUT2D eigenvalue weighted by Gasteiger charge is -2.26. The fraction of sp³-hybridized carbons (Fsp3) is 0.500. The highest BCUT2D eigenvalue weighted by Crippen LogP contribution is 2.17. The second-order valence-electron chi connectivity index (χ2n) is 3.91. The lowest BCUT2D eigenvalue weighted by atomic mass is 9.95. The predicted octanol–water partition coefficient (Wildman–Crippen LogP) is 1.85. The molecule has 76 valence electrons. The Morgan fingerprint density at radius 2 is 2.29 bits per heavy atom. The van der Waals surface area contributed by atoms with Crippen LogP contribution < -0.4 is 10.1 Å². The molecule has 2 nitrogen and oxygen atoms in total. The van der Waals surface area contributed by atoms with E-state index in [-0.39, 0.29) is 0 Å². The van der Waals surface area contributed by atoms with Gasteiger partial charge in [0.05, 0.1) is 7.11 Å². The highest BCUT2D eigenvalue weighted by Gasteiger charge is 2.15. The first-order valence-corrected chi connectivity index (χ1v) is 5.22. The van der Waals surface area contributed by atoms with Gasteiger partial charge in [0.1, 0.15) is 5.75 Å². The number of benzene rings is 1. The Labute approximate surface area is 85.3 Å². The summed E-state index contributed by atoms with van der Waals surface area (Å²) in [6, 6.07) is 8.36. The first kappa shape index (κ1) is 9.53. The predicted molar refractivity (Wildman–Crippen MR) is 57.7 cm³/mol. The van der Waals surface area contributed by atoms with Crippen molar-refractivity contribution in [3.63, 3.8) is 0 Å². The van der Waals surface area contributed by atoms with E-state index in [1.807, 2.05) is 6.07 Å². The Kier molecular flexibility index (Phi) is 3.04. The molecule has 0 bridgehead atoms. The first-order chi connectivity index (χ1) is 6.88. The summed E-state index contributed by atoms with van der Waals surface area (Å²) in [5, 5.41) is 3.30. The zero-order valence-electron chi connectivity index (χ0n) is 8.62. The van der Waals surface area contributed by atoms with Gasteiger partial charge in [-0.2, -0.15) is 0 Å². The standard InChI is InChI=1S/C12H17NO/c1-14-12-4-2-3-10(7-12)5-6-11-8-13-9-11/h2-4,7,11,13H,5-6,8-9H2,1H3. The van der Waals surface area contributed by atoms with Gasteiger partial charge in [0.25, 0.3) is 0 Å². The summed E-state index contributed by atoms with van der Waals surface area (Å²) in [4.78, 5) is 0. The Bertz CT molecular complexity index is 294. The molecule has 0 amide bonds. The number of hydrogen-bond acceptors (Lipinski definition) is 2. The zero-order chi connectivity index (χ0) is 9.80. The number of hydrogen-bond donors (Lipinski definition) is 1. The number of aryl methyl sites for hydroxylation is 1. The molecular formula is C12H17NO. The second-order valence-corrected chi connectivity index (χ2v) is 3.91. The van der Waals surface area contributed by atoms with E-state index in [2.05, 4.69) is 23.5 Å². The van der Waals surface area contributed by atoms with Crippen molar-refractivity contribution in [2.24, 2.45) is 5.92 Å². The van der Waals surface area contributed by atoms with E-state index in [4.69, 9.17) is 4.74 Å². The quantitative estimate of drug-likeness (QED) is 0.784. The van der Waals surface area contributed by atoms with E-state index in [9.17, 15) is 0 Å². The van der Waals surface area contributed by atoms with Crippen molar-refractivity contribution >= 4 is 0 Å². The molecule has 0 radical (unpaired) electrons. The maximum absolute atomic E-state index is 5.19. The molecule has 0 saturated carbocycles. The van der Waals surface area contributed by atoms with Gasteiger partial charge in [-0.1, -0.05) is 12.1 Å². The van der Waals surface area contributed by atoms with Crippen LogP contribution >= 0.6 is 0 Å². The molecule has 1 aromatic carbocycles. The Balaban J connectivity index is 1.87. The van der Waals surface area contributed by atoms with Crippen molar-refractivity contribution < 1.29 is 4.74 Å². The van der Waals surface area contributed by atoms with Crippen LogP contribution in [0.15, 0.2) is 24.3 Å². The number of rotatable bonds is 4. The van der Waals surface area contributed by atoms with Gasteiger partial charge >= 0.3 is 0 Å². The fourth-order valence-corrected chi connectivity index (χ4v) is 1.75. The molecule has 0 spiro atoms. The third kappa shape index (κ3) is 2.26. The van der Waals surface area contributed by atoms with Gasteiger partial charge in [0.15, 0.2) is 0 Å². The van der Waals surface area contributed by atoms with Crippen LogP contribution in [0.2, 0.25) is 0 Å². The van der Waals surface area contributed by atoms with Crippen LogP contribution in [0.1, 0.15) is 12.0 Å². The van der Waals surface area contributed by atoms with Crippen molar-refractivity contribution in [3.8, 4) is 5.75 Å². The van der Waals surface area contributed by atoms with E-state index in [0.29, 0.717) is 0 Å². The third-order valence-corrected chi connectivity index (χ3v) is 2.84. The minimum Gasteiger partial charge on any atom is -0.497 e. The topological polar surface area (TPSA) is 21.3 Å². The first-order valence-electron chi connectivity index (χ1n) is 5.22. The molecule has 1 fully saturated rings. The minimum atomic E-state index is 0.890. The molecule has 14 heavy (non-hydrogen) atoms. The number of ether oxygens (including phenoxy) is 1. The maximum Gasteiger partial charge on any atom is 0.119 e. The summed E-state index contributed by atoms with van der Waals surface area (Å²) in [5.41, 5.74) is 1.39. The molecule has 1 aliphatic heterocycles. The summed E-state index contributed by atoms with van der Waals surface area (Å²) in [7, 11) is 1.72. The lowest BCUT2D eigenvalue weighted by molar-refractivity contribution is 0.327. The van der Waals surface area contributed by atoms with Crippen LogP contribution in [0, 0.1) is 5.92 Å². The molecule has 0 aromatic heterocycles. The monoisotopic (exact) mass is 191 g/mol. The van der Waals surface area contributed by atoms with Crippen LogP contribution in [0.4, 0.5) is 0 Å². The summed E-state index contributed by atoms with van der Waals surface area (Å²) in [5.74, 6) is 1.86. The average molecular weight is 191 g/mol. The van der Waals surface area contributed by atoms with Crippen LogP contribution in [-0.2, 0) is 6.42 Å². The Morgan fingerprint density at radius 3 is 2.93 bits per heavy atom. The van der Waals surface area contributed by atoms with E-state index < -0.39 is 0 Å². The summed E-state index contributed by atoms with van der Waals surface area (Å²) in [6.45, 7) is 2.40. The highest BCUT2D eigenvalue weighted by atomic mass is 16.5. The SMILES string of the molecule is COc1cccc(CCC2CNC2)c1. The summed E-state index contributed by atoms with van der Waals surface area (Å²) >= 11 is 0. The molecule has 0 aliphatic carbocycles.